The van der Waals surface area contributed by atoms with Gasteiger partial charge >= 0.3 is 6.01 Å². The number of hydrogen-bond acceptors (Lipinski definition) is 4. The molecule has 82 valence electrons. The zero-order valence-corrected chi connectivity index (χ0v) is 9.48. The summed E-state index contributed by atoms with van der Waals surface area (Å²) in [6.45, 7) is 2.36. The van der Waals surface area contributed by atoms with E-state index < -0.39 is 0 Å². The van der Waals surface area contributed by atoms with Gasteiger partial charge in [-0.3, -0.25) is 0 Å². The van der Waals surface area contributed by atoms with E-state index >= 15 is 0 Å². The Morgan fingerprint density at radius 3 is 2.56 bits per heavy atom. The highest BCUT2D eigenvalue weighted by molar-refractivity contribution is 6.28. The number of nitrogens with zero attached hydrogens (tertiary/aromatic N) is 3. The first kappa shape index (κ1) is 10.8. The molecule has 5 heteroatoms. The van der Waals surface area contributed by atoms with Crippen LogP contribution < -0.4 is 4.74 Å². The molecule has 0 aliphatic heterocycles. The van der Waals surface area contributed by atoms with Crippen molar-refractivity contribution < 1.29 is 4.74 Å². The third kappa shape index (κ3) is 2.46. The molecule has 0 N–H and O–H groups in total. The molecule has 0 atom stereocenters. The second-order valence-electron chi connectivity index (χ2n) is 3.01. The minimum absolute atomic E-state index is 0.136. The molecular weight excluding hydrogens is 226 g/mol. The molecular formula is C11H10ClN3O. The minimum Gasteiger partial charge on any atom is -0.464 e. The summed E-state index contributed by atoms with van der Waals surface area (Å²) in [5.74, 6) is 0.518. The van der Waals surface area contributed by atoms with Crippen molar-refractivity contribution in [2.75, 3.05) is 6.61 Å². The lowest BCUT2D eigenvalue weighted by molar-refractivity contribution is 0.312. The highest BCUT2D eigenvalue weighted by Crippen LogP contribution is 2.18. The maximum Gasteiger partial charge on any atom is 0.321 e. The number of hydrogen-bond donors (Lipinski definition) is 0. The Bertz CT molecular complexity index is 476. The van der Waals surface area contributed by atoms with Crippen molar-refractivity contribution in [3.63, 3.8) is 0 Å². The summed E-state index contributed by atoms with van der Waals surface area (Å²) in [5.41, 5.74) is 0.882. The van der Waals surface area contributed by atoms with Crippen LogP contribution in [0.15, 0.2) is 30.3 Å². The van der Waals surface area contributed by atoms with Crippen LogP contribution in [-0.4, -0.2) is 21.6 Å². The molecule has 2 rings (SSSR count). The first-order valence-corrected chi connectivity index (χ1v) is 5.27. The number of aromatic nitrogens is 3. The summed E-state index contributed by atoms with van der Waals surface area (Å²) < 4.78 is 5.20. The van der Waals surface area contributed by atoms with E-state index in [4.69, 9.17) is 16.3 Å². The maximum atomic E-state index is 5.79. The average Bonchev–Trinajstić information content (AvgIpc) is 2.30. The summed E-state index contributed by atoms with van der Waals surface area (Å²) in [6.07, 6.45) is 0. The standard InChI is InChI=1S/C11H10ClN3O/c1-2-16-11-14-9(13-10(12)15-11)8-6-4-3-5-7-8/h3-7H,2H2,1H3. The van der Waals surface area contributed by atoms with E-state index in [1.807, 2.05) is 37.3 Å². The van der Waals surface area contributed by atoms with Gasteiger partial charge in [-0.15, -0.1) is 0 Å². The molecule has 16 heavy (non-hydrogen) atoms. The van der Waals surface area contributed by atoms with Gasteiger partial charge in [0.2, 0.25) is 5.28 Å². The normalized spacial score (nSPS) is 10.1. The van der Waals surface area contributed by atoms with Crippen LogP contribution in [0.4, 0.5) is 0 Å². The molecule has 0 aliphatic rings. The predicted molar refractivity (Wildman–Crippen MR) is 61.4 cm³/mol. The topological polar surface area (TPSA) is 47.9 Å². The lowest BCUT2D eigenvalue weighted by Gasteiger charge is -2.03. The van der Waals surface area contributed by atoms with E-state index in [1.165, 1.54) is 0 Å². The largest absolute Gasteiger partial charge is 0.464 e. The van der Waals surface area contributed by atoms with Crippen molar-refractivity contribution in [1.82, 2.24) is 15.0 Å². The van der Waals surface area contributed by atoms with Crippen LogP contribution in [0.25, 0.3) is 11.4 Å². The molecule has 4 nitrogen and oxygen atoms in total. The number of halogens is 1. The minimum atomic E-state index is 0.136. The summed E-state index contributed by atoms with van der Waals surface area (Å²) in [6, 6.07) is 9.81. The lowest BCUT2D eigenvalue weighted by atomic mass is 10.2. The Morgan fingerprint density at radius 1 is 1.12 bits per heavy atom. The molecule has 1 aromatic carbocycles. The zero-order chi connectivity index (χ0) is 11.4. The van der Waals surface area contributed by atoms with E-state index in [-0.39, 0.29) is 11.3 Å². The highest BCUT2D eigenvalue weighted by atomic mass is 35.5. The Kier molecular flexibility index (Phi) is 3.31. The Hall–Kier alpha value is -1.68. The van der Waals surface area contributed by atoms with Crippen LogP contribution in [0.3, 0.4) is 0 Å². The first-order chi connectivity index (χ1) is 7.79. The van der Waals surface area contributed by atoms with Gasteiger partial charge < -0.3 is 4.74 Å². The molecule has 0 radical (unpaired) electrons. The van der Waals surface area contributed by atoms with Crippen molar-refractivity contribution in [2.24, 2.45) is 0 Å². The van der Waals surface area contributed by atoms with Gasteiger partial charge in [0.25, 0.3) is 0 Å². The smallest absolute Gasteiger partial charge is 0.321 e. The molecule has 0 saturated carbocycles. The van der Waals surface area contributed by atoms with Crippen LogP contribution in [0.1, 0.15) is 6.92 Å². The zero-order valence-electron chi connectivity index (χ0n) is 8.72. The molecule has 0 bridgehead atoms. The van der Waals surface area contributed by atoms with Gasteiger partial charge in [-0.05, 0) is 18.5 Å². The van der Waals surface area contributed by atoms with Gasteiger partial charge in [0.15, 0.2) is 5.82 Å². The van der Waals surface area contributed by atoms with Crippen molar-refractivity contribution in [3.8, 4) is 17.4 Å². The van der Waals surface area contributed by atoms with E-state index in [0.717, 1.165) is 5.56 Å². The van der Waals surface area contributed by atoms with Crippen LogP contribution in [0.2, 0.25) is 5.28 Å². The molecule has 0 saturated heterocycles. The number of rotatable bonds is 3. The average molecular weight is 236 g/mol. The van der Waals surface area contributed by atoms with Crippen molar-refractivity contribution >= 4 is 11.6 Å². The van der Waals surface area contributed by atoms with Gasteiger partial charge in [-0.1, -0.05) is 30.3 Å². The summed E-state index contributed by atoms with van der Waals surface area (Å²) >= 11 is 5.79. The third-order valence-electron chi connectivity index (χ3n) is 1.89. The Morgan fingerprint density at radius 2 is 1.88 bits per heavy atom. The van der Waals surface area contributed by atoms with Gasteiger partial charge in [-0.25, -0.2) is 0 Å². The maximum absolute atomic E-state index is 5.79. The molecule has 0 spiro atoms. The second kappa shape index (κ2) is 4.90. The SMILES string of the molecule is CCOc1nc(Cl)nc(-c2ccccc2)n1. The molecule has 0 fully saturated rings. The van der Waals surface area contributed by atoms with Gasteiger partial charge in [0, 0.05) is 5.56 Å². The Labute approximate surface area is 98.3 Å². The van der Waals surface area contributed by atoms with Crippen molar-refractivity contribution in [3.05, 3.63) is 35.6 Å². The van der Waals surface area contributed by atoms with Crippen LogP contribution in [-0.2, 0) is 0 Å². The predicted octanol–water partition coefficient (Wildman–Crippen LogP) is 2.59. The van der Waals surface area contributed by atoms with Crippen molar-refractivity contribution in [2.45, 2.75) is 6.92 Å². The number of ether oxygens (including phenoxy) is 1. The van der Waals surface area contributed by atoms with Crippen LogP contribution in [0, 0.1) is 0 Å². The van der Waals surface area contributed by atoms with E-state index in [2.05, 4.69) is 15.0 Å². The van der Waals surface area contributed by atoms with E-state index in [1.54, 1.807) is 0 Å². The number of benzene rings is 1. The first-order valence-electron chi connectivity index (χ1n) is 4.89. The summed E-state index contributed by atoms with van der Waals surface area (Å²) in [4.78, 5) is 12.1. The highest BCUT2D eigenvalue weighted by Gasteiger charge is 2.07. The van der Waals surface area contributed by atoms with E-state index in [9.17, 15) is 0 Å². The van der Waals surface area contributed by atoms with Crippen molar-refractivity contribution in [1.29, 1.82) is 0 Å². The van der Waals surface area contributed by atoms with Crippen LogP contribution >= 0.6 is 11.6 Å². The molecule has 2 aromatic rings. The summed E-state index contributed by atoms with van der Waals surface area (Å²) in [5, 5.41) is 0.136. The fourth-order valence-corrected chi connectivity index (χ4v) is 1.39. The summed E-state index contributed by atoms with van der Waals surface area (Å²) in [7, 11) is 0. The van der Waals surface area contributed by atoms with Gasteiger partial charge in [-0.2, -0.15) is 15.0 Å². The molecule has 1 heterocycles. The lowest BCUT2D eigenvalue weighted by Crippen LogP contribution is -2.01. The van der Waals surface area contributed by atoms with Gasteiger partial charge in [0.1, 0.15) is 0 Å². The second-order valence-corrected chi connectivity index (χ2v) is 3.35. The molecule has 0 unspecified atom stereocenters. The quantitative estimate of drug-likeness (QED) is 0.821. The van der Waals surface area contributed by atoms with Gasteiger partial charge in [0.05, 0.1) is 6.61 Å². The fraction of sp³-hybridized carbons (Fsp3) is 0.182. The Balaban J connectivity index is 2.41. The molecule has 0 aliphatic carbocycles. The molecule has 0 amide bonds. The fourth-order valence-electron chi connectivity index (χ4n) is 1.24. The monoisotopic (exact) mass is 235 g/mol. The third-order valence-corrected chi connectivity index (χ3v) is 2.06. The van der Waals surface area contributed by atoms with E-state index in [0.29, 0.717) is 12.4 Å². The molecule has 1 aromatic heterocycles. The van der Waals surface area contributed by atoms with Crippen LogP contribution in [0.5, 0.6) is 6.01 Å².